The first-order chi connectivity index (χ1) is 8.77. The minimum Gasteiger partial charge on any atom is -0.351 e. The van der Waals surface area contributed by atoms with Gasteiger partial charge in [0.15, 0.2) is 0 Å². The normalized spacial score (nSPS) is 10.7. The molecule has 0 atom stereocenters. The van der Waals surface area contributed by atoms with Crippen LogP contribution in [0.5, 0.6) is 0 Å². The highest BCUT2D eigenvalue weighted by Gasteiger charge is 2.14. The molecule has 0 fully saturated rings. The summed E-state index contributed by atoms with van der Waals surface area (Å²) >= 11 is 0. The van der Waals surface area contributed by atoms with Crippen LogP contribution in [0.15, 0.2) is 54.7 Å². The number of pyridine rings is 1. The van der Waals surface area contributed by atoms with E-state index in [0.29, 0.717) is 5.69 Å². The number of benzene rings is 1. The van der Waals surface area contributed by atoms with Crippen LogP contribution in [0.2, 0.25) is 0 Å². The second kappa shape index (κ2) is 4.00. The lowest BCUT2D eigenvalue weighted by Gasteiger charge is -2.05. The Bertz CT molecular complexity index is 716. The molecule has 18 heavy (non-hydrogen) atoms. The average Bonchev–Trinajstić information content (AvgIpc) is 2.79. The first-order valence-corrected chi connectivity index (χ1v) is 5.59. The molecule has 4 heteroatoms. The SMILES string of the molecule is NC(=O)n1c(-c2ccccn2)cc2ccccc21. The molecule has 0 aliphatic heterocycles. The molecular weight excluding hydrogens is 226 g/mol. The van der Waals surface area contributed by atoms with E-state index >= 15 is 0 Å². The van der Waals surface area contributed by atoms with Gasteiger partial charge in [-0.15, -0.1) is 0 Å². The highest BCUT2D eigenvalue weighted by Crippen LogP contribution is 2.26. The van der Waals surface area contributed by atoms with Crippen LogP contribution in [0.4, 0.5) is 4.79 Å². The van der Waals surface area contributed by atoms with E-state index in [9.17, 15) is 4.79 Å². The van der Waals surface area contributed by atoms with Crippen LogP contribution in [0.25, 0.3) is 22.3 Å². The van der Waals surface area contributed by atoms with Crippen molar-refractivity contribution in [1.29, 1.82) is 0 Å². The van der Waals surface area contributed by atoms with Gasteiger partial charge in [0.1, 0.15) is 0 Å². The first kappa shape index (κ1) is 10.5. The lowest BCUT2D eigenvalue weighted by atomic mass is 10.2. The van der Waals surface area contributed by atoms with E-state index < -0.39 is 6.03 Å². The Kier molecular flexibility index (Phi) is 2.34. The van der Waals surface area contributed by atoms with Gasteiger partial charge in [-0.3, -0.25) is 9.55 Å². The second-order valence-electron chi connectivity index (χ2n) is 3.98. The molecular formula is C14H11N3O. The Morgan fingerprint density at radius 2 is 1.89 bits per heavy atom. The zero-order valence-electron chi connectivity index (χ0n) is 9.58. The molecule has 0 saturated carbocycles. The van der Waals surface area contributed by atoms with E-state index in [1.54, 1.807) is 6.20 Å². The molecule has 1 aromatic carbocycles. The fourth-order valence-corrected chi connectivity index (χ4v) is 2.10. The Morgan fingerprint density at radius 1 is 1.11 bits per heavy atom. The van der Waals surface area contributed by atoms with Crippen LogP contribution in [0.3, 0.4) is 0 Å². The number of rotatable bonds is 1. The third-order valence-corrected chi connectivity index (χ3v) is 2.86. The predicted molar refractivity (Wildman–Crippen MR) is 70.2 cm³/mol. The van der Waals surface area contributed by atoms with Gasteiger partial charge in [-0.1, -0.05) is 24.3 Å². The smallest absolute Gasteiger partial charge is 0.323 e. The molecule has 3 rings (SSSR count). The maximum absolute atomic E-state index is 11.6. The molecule has 0 saturated heterocycles. The summed E-state index contributed by atoms with van der Waals surface area (Å²) in [5, 5.41) is 0.969. The van der Waals surface area contributed by atoms with Gasteiger partial charge in [0.05, 0.1) is 16.9 Å². The zero-order chi connectivity index (χ0) is 12.5. The molecule has 3 aromatic rings. The molecule has 0 spiro atoms. The Labute approximate surface area is 104 Å². The standard InChI is InChI=1S/C14H11N3O/c15-14(18)17-12-7-2-1-5-10(12)9-13(17)11-6-3-4-8-16-11/h1-9H,(H2,15,18). The van der Waals surface area contributed by atoms with Gasteiger partial charge in [-0.05, 0) is 24.3 Å². The van der Waals surface area contributed by atoms with Crippen LogP contribution in [0.1, 0.15) is 0 Å². The van der Waals surface area contributed by atoms with Gasteiger partial charge < -0.3 is 5.73 Å². The molecule has 0 bridgehead atoms. The quantitative estimate of drug-likeness (QED) is 0.707. The van der Waals surface area contributed by atoms with Crippen molar-refractivity contribution in [2.75, 3.05) is 0 Å². The third-order valence-electron chi connectivity index (χ3n) is 2.86. The van der Waals surface area contributed by atoms with E-state index in [0.717, 1.165) is 16.6 Å². The van der Waals surface area contributed by atoms with Crippen molar-refractivity contribution in [3.63, 3.8) is 0 Å². The number of para-hydroxylation sites is 1. The number of aromatic nitrogens is 2. The van der Waals surface area contributed by atoms with Crippen molar-refractivity contribution in [3.05, 3.63) is 54.7 Å². The lowest BCUT2D eigenvalue weighted by molar-refractivity contribution is 0.251. The van der Waals surface area contributed by atoms with Crippen LogP contribution >= 0.6 is 0 Å². The lowest BCUT2D eigenvalue weighted by Crippen LogP contribution is -2.20. The topological polar surface area (TPSA) is 60.9 Å². The molecule has 4 nitrogen and oxygen atoms in total. The number of fused-ring (bicyclic) bond motifs is 1. The van der Waals surface area contributed by atoms with Crippen molar-refractivity contribution in [3.8, 4) is 11.4 Å². The van der Waals surface area contributed by atoms with Gasteiger partial charge in [0.2, 0.25) is 0 Å². The Balaban J connectivity index is 2.36. The second-order valence-corrected chi connectivity index (χ2v) is 3.98. The van der Waals surface area contributed by atoms with Crippen molar-refractivity contribution in [2.45, 2.75) is 0 Å². The zero-order valence-corrected chi connectivity index (χ0v) is 9.58. The molecule has 2 heterocycles. The van der Waals surface area contributed by atoms with E-state index in [-0.39, 0.29) is 0 Å². The van der Waals surface area contributed by atoms with Crippen LogP contribution < -0.4 is 5.73 Å². The Morgan fingerprint density at radius 3 is 2.61 bits per heavy atom. The summed E-state index contributed by atoms with van der Waals surface area (Å²) in [6.45, 7) is 0. The first-order valence-electron chi connectivity index (χ1n) is 5.59. The fraction of sp³-hybridized carbons (Fsp3) is 0. The van der Waals surface area contributed by atoms with Gasteiger partial charge in [0.25, 0.3) is 0 Å². The number of carbonyl (C=O) groups is 1. The minimum atomic E-state index is -0.503. The molecule has 0 aliphatic rings. The van der Waals surface area contributed by atoms with Gasteiger partial charge in [0, 0.05) is 11.6 Å². The average molecular weight is 237 g/mol. The summed E-state index contributed by atoms with van der Waals surface area (Å²) in [5.41, 5.74) is 7.70. The summed E-state index contributed by atoms with van der Waals surface area (Å²) in [7, 11) is 0. The van der Waals surface area contributed by atoms with Crippen LogP contribution in [0, 0.1) is 0 Å². The Hall–Kier alpha value is -2.62. The van der Waals surface area contributed by atoms with Crippen molar-refractivity contribution >= 4 is 16.9 Å². The maximum atomic E-state index is 11.6. The summed E-state index contributed by atoms with van der Waals surface area (Å²) < 4.78 is 1.48. The number of amides is 1. The number of hydrogen-bond donors (Lipinski definition) is 1. The highest BCUT2D eigenvalue weighted by molar-refractivity contribution is 5.96. The van der Waals surface area contributed by atoms with Crippen molar-refractivity contribution in [1.82, 2.24) is 9.55 Å². The minimum absolute atomic E-state index is 0.503. The maximum Gasteiger partial charge on any atom is 0.323 e. The predicted octanol–water partition coefficient (Wildman–Crippen LogP) is 2.63. The monoisotopic (exact) mass is 237 g/mol. The van der Waals surface area contributed by atoms with E-state index in [1.165, 1.54) is 4.57 Å². The van der Waals surface area contributed by atoms with Gasteiger partial charge in [-0.25, -0.2) is 4.79 Å². The number of nitrogens with two attached hydrogens (primary N) is 1. The number of nitrogens with zero attached hydrogens (tertiary/aromatic N) is 2. The summed E-state index contributed by atoms with van der Waals surface area (Å²) in [5.74, 6) is 0. The van der Waals surface area contributed by atoms with E-state index in [4.69, 9.17) is 5.73 Å². The summed E-state index contributed by atoms with van der Waals surface area (Å²) in [6.07, 6.45) is 1.69. The number of primary amides is 1. The van der Waals surface area contributed by atoms with Crippen LogP contribution in [-0.4, -0.2) is 15.6 Å². The van der Waals surface area contributed by atoms with E-state index in [2.05, 4.69) is 4.98 Å². The summed E-state index contributed by atoms with van der Waals surface area (Å²) in [6, 6.07) is 14.6. The molecule has 0 unspecified atom stereocenters. The summed E-state index contributed by atoms with van der Waals surface area (Å²) in [4.78, 5) is 15.9. The number of hydrogen-bond acceptors (Lipinski definition) is 2. The molecule has 1 amide bonds. The fourth-order valence-electron chi connectivity index (χ4n) is 2.10. The van der Waals surface area contributed by atoms with Gasteiger partial charge in [-0.2, -0.15) is 0 Å². The van der Waals surface area contributed by atoms with Crippen LogP contribution in [-0.2, 0) is 0 Å². The van der Waals surface area contributed by atoms with E-state index in [1.807, 2.05) is 48.5 Å². The molecule has 88 valence electrons. The molecule has 0 aliphatic carbocycles. The molecule has 2 aromatic heterocycles. The molecule has 0 radical (unpaired) electrons. The van der Waals surface area contributed by atoms with Gasteiger partial charge >= 0.3 is 6.03 Å². The van der Waals surface area contributed by atoms with Crippen molar-refractivity contribution in [2.24, 2.45) is 5.73 Å². The third kappa shape index (κ3) is 1.55. The molecule has 2 N–H and O–H groups in total. The van der Waals surface area contributed by atoms with Crippen molar-refractivity contribution < 1.29 is 4.79 Å². The largest absolute Gasteiger partial charge is 0.351 e. The number of carbonyl (C=O) groups excluding carboxylic acids is 1. The highest BCUT2D eigenvalue weighted by atomic mass is 16.2.